The third kappa shape index (κ3) is 4.91. The molecule has 1 unspecified atom stereocenters. The highest BCUT2D eigenvalue weighted by Gasteiger charge is 2.35. The standard InChI is InChI=1S/C23H25FIN5OS.ClH/c1-23(2)10-15-18(21(31)28-14-5-6-26-11-14)22(29-17-4-3-13(25)9-16(17)24)32-19(15)20-27-7-8-30(20)12-23;/h3-4,7-9,14,26,29H,5-6,10-12H2,1-2H3,(H,28,31);1H. The number of benzene rings is 1. The van der Waals surface area contributed by atoms with Gasteiger partial charge in [0.15, 0.2) is 0 Å². The normalized spacial score (nSPS) is 18.6. The molecule has 1 aromatic carbocycles. The Balaban J connectivity index is 0.00000259. The summed E-state index contributed by atoms with van der Waals surface area (Å²) in [5.74, 6) is 0.414. The number of fused-ring (bicyclic) bond motifs is 3. The second kappa shape index (κ2) is 9.52. The van der Waals surface area contributed by atoms with E-state index in [0.29, 0.717) is 16.3 Å². The van der Waals surface area contributed by atoms with Crippen LogP contribution in [0.2, 0.25) is 0 Å². The molecule has 1 amide bonds. The molecular weight excluding hydrogens is 576 g/mol. The summed E-state index contributed by atoms with van der Waals surface area (Å²) in [5.41, 5.74) is 1.90. The van der Waals surface area contributed by atoms with Crippen molar-refractivity contribution in [1.82, 2.24) is 20.2 Å². The first-order valence-corrected chi connectivity index (χ1v) is 12.6. The molecule has 3 N–H and O–H groups in total. The molecule has 3 aromatic rings. The first-order valence-electron chi connectivity index (χ1n) is 10.7. The molecule has 4 heterocycles. The van der Waals surface area contributed by atoms with Crippen LogP contribution in [0.3, 0.4) is 0 Å². The van der Waals surface area contributed by atoms with Gasteiger partial charge in [0.25, 0.3) is 5.91 Å². The summed E-state index contributed by atoms with van der Waals surface area (Å²) >= 11 is 3.57. The first-order chi connectivity index (χ1) is 15.3. The van der Waals surface area contributed by atoms with E-state index in [-0.39, 0.29) is 35.6 Å². The molecule has 0 saturated carbocycles. The molecule has 6 nitrogen and oxygen atoms in total. The van der Waals surface area contributed by atoms with E-state index in [1.54, 1.807) is 12.3 Å². The monoisotopic (exact) mass is 601 g/mol. The molecule has 1 fully saturated rings. The number of halogens is 3. The van der Waals surface area contributed by atoms with Crippen LogP contribution in [0.25, 0.3) is 10.7 Å². The Bertz CT molecular complexity index is 1190. The van der Waals surface area contributed by atoms with Crippen LogP contribution in [0.1, 0.15) is 36.2 Å². The molecule has 0 aliphatic carbocycles. The van der Waals surface area contributed by atoms with E-state index in [0.717, 1.165) is 52.3 Å². The van der Waals surface area contributed by atoms with Crippen LogP contribution in [0.15, 0.2) is 30.6 Å². The number of anilines is 2. The summed E-state index contributed by atoms with van der Waals surface area (Å²) in [7, 11) is 0. The maximum absolute atomic E-state index is 14.7. The minimum atomic E-state index is -0.339. The molecule has 0 radical (unpaired) electrons. The van der Waals surface area contributed by atoms with Crippen molar-refractivity contribution < 1.29 is 9.18 Å². The Morgan fingerprint density at radius 3 is 2.94 bits per heavy atom. The molecule has 10 heteroatoms. The van der Waals surface area contributed by atoms with E-state index in [1.165, 1.54) is 17.4 Å². The highest BCUT2D eigenvalue weighted by atomic mass is 127. The van der Waals surface area contributed by atoms with Crippen LogP contribution in [0.4, 0.5) is 15.1 Å². The molecule has 5 rings (SSSR count). The Kier molecular flexibility index (Phi) is 7.05. The van der Waals surface area contributed by atoms with Crippen molar-refractivity contribution in [2.45, 2.75) is 39.3 Å². The molecule has 2 aliphatic rings. The first kappa shape index (κ1) is 24.4. The van der Waals surface area contributed by atoms with Gasteiger partial charge < -0.3 is 20.5 Å². The van der Waals surface area contributed by atoms with Crippen molar-refractivity contribution in [3.63, 3.8) is 0 Å². The zero-order chi connectivity index (χ0) is 22.5. The largest absolute Gasteiger partial charge is 0.348 e. The number of rotatable bonds is 4. The van der Waals surface area contributed by atoms with Crippen LogP contribution < -0.4 is 16.0 Å². The van der Waals surface area contributed by atoms with E-state index < -0.39 is 0 Å². The number of hydrogen-bond donors (Lipinski definition) is 3. The SMILES string of the molecule is CC1(C)Cc2c(sc(Nc3ccc(I)cc3F)c2C(=O)NC2CCNC2)-c2nccn2C1.Cl. The number of thiophene rings is 1. The number of carbonyl (C=O) groups excluding carboxylic acids is 1. The Hall–Kier alpha value is -1.69. The van der Waals surface area contributed by atoms with Crippen molar-refractivity contribution in [3.05, 3.63) is 51.1 Å². The summed E-state index contributed by atoms with van der Waals surface area (Å²) in [4.78, 5) is 19.1. The summed E-state index contributed by atoms with van der Waals surface area (Å²) in [6, 6.07) is 5.16. The van der Waals surface area contributed by atoms with Crippen molar-refractivity contribution in [2.75, 3.05) is 18.4 Å². The Morgan fingerprint density at radius 1 is 1.39 bits per heavy atom. The van der Waals surface area contributed by atoms with Crippen LogP contribution in [-0.4, -0.2) is 34.6 Å². The highest BCUT2D eigenvalue weighted by molar-refractivity contribution is 14.1. The topological polar surface area (TPSA) is 71.0 Å². The molecule has 2 aromatic heterocycles. The number of nitrogens with one attached hydrogen (secondary N) is 3. The molecule has 0 bridgehead atoms. The average Bonchev–Trinajstić information content (AvgIpc) is 3.43. The van der Waals surface area contributed by atoms with Gasteiger partial charge in [-0.25, -0.2) is 9.37 Å². The zero-order valence-corrected chi connectivity index (χ0v) is 22.2. The van der Waals surface area contributed by atoms with Crippen LogP contribution in [-0.2, 0) is 13.0 Å². The van der Waals surface area contributed by atoms with Gasteiger partial charge in [-0.2, -0.15) is 0 Å². The van der Waals surface area contributed by atoms with E-state index in [1.807, 2.05) is 12.3 Å². The fourth-order valence-corrected chi connectivity index (χ4v) is 6.23. The minimum Gasteiger partial charge on any atom is -0.348 e. The summed E-state index contributed by atoms with van der Waals surface area (Å²) in [6.45, 7) is 6.90. The second-order valence-electron chi connectivity index (χ2n) is 9.25. The lowest BCUT2D eigenvalue weighted by Gasteiger charge is -2.24. The van der Waals surface area contributed by atoms with Crippen molar-refractivity contribution >= 4 is 62.9 Å². The van der Waals surface area contributed by atoms with Gasteiger partial charge in [-0.05, 0) is 71.2 Å². The quantitative estimate of drug-likeness (QED) is 0.360. The minimum absolute atomic E-state index is 0. The van der Waals surface area contributed by atoms with Gasteiger partial charge in [-0.15, -0.1) is 23.7 Å². The maximum Gasteiger partial charge on any atom is 0.254 e. The Labute approximate surface area is 216 Å². The summed E-state index contributed by atoms with van der Waals surface area (Å²) in [6.07, 6.45) is 5.44. The highest BCUT2D eigenvalue weighted by Crippen LogP contribution is 2.46. The molecular formula is C23H26ClFIN5OS. The number of nitrogens with zero attached hydrogens (tertiary/aromatic N) is 2. The van der Waals surface area contributed by atoms with Crippen LogP contribution in [0, 0.1) is 14.8 Å². The molecule has 33 heavy (non-hydrogen) atoms. The molecule has 2 aliphatic heterocycles. The lowest BCUT2D eigenvalue weighted by molar-refractivity contribution is 0.0940. The third-order valence-electron chi connectivity index (χ3n) is 5.98. The number of amides is 1. The van der Waals surface area contributed by atoms with E-state index >= 15 is 0 Å². The zero-order valence-electron chi connectivity index (χ0n) is 18.4. The van der Waals surface area contributed by atoms with Crippen molar-refractivity contribution in [3.8, 4) is 10.7 Å². The predicted octanol–water partition coefficient (Wildman–Crippen LogP) is 5.19. The Morgan fingerprint density at radius 2 is 2.21 bits per heavy atom. The van der Waals surface area contributed by atoms with Gasteiger partial charge in [-0.3, -0.25) is 4.79 Å². The molecule has 0 spiro atoms. The lowest BCUT2D eigenvalue weighted by atomic mass is 9.85. The maximum atomic E-state index is 14.7. The third-order valence-corrected chi connectivity index (χ3v) is 7.80. The average molecular weight is 602 g/mol. The van der Waals surface area contributed by atoms with Crippen molar-refractivity contribution in [2.24, 2.45) is 5.41 Å². The molecule has 176 valence electrons. The van der Waals surface area contributed by atoms with E-state index in [9.17, 15) is 9.18 Å². The number of carbonyl (C=O) groups is 1. The van der Waals surface area contributed by atoms with E-state index in [4.69, 9.17) is 0 Å². The summed E-state index contributed by atoms with van der Waals surface area (Å²) in [5, 5.41) is 10.4. The number of hydrogen-bond acceptors (Lipinski definition) is 5. The number of imidazole rings is 1. The fraction of sp³-hybridized carbons (Fsp3) is 0.391. The van der Waals surface area contributed by atoms with Crippen LogP contribution in [0.5, 0.6) is 0 Å². The van der Waals surface area contributed by atoms with Gasteiger partial charge in [0.1, 0.15) is 16.6 Å². The van der Waals surface area contributed by atoms with Gasteiger partial charge in [0.2, 0.25) is 0 Å². The van der Waals surface area contributed by atoms with E-state index in [2.05, 4.69) is 61.9 Å². The lowest BCUT2D eigenvalue weighted by Crippen LogP contribution is -2.37. The van der Waals surface area contributed by atoms with Crippen LogP contribution >= 0.6 is 46.3 Å². The van der Waals surface area contributed by atoms with Gasteiger partial charge in [-0.1, -0.05) is 13.8 Å². The molecule has 1 saturated heterocycles. The summed E-state index contributed by atoms with van der Waals surface area (Å²) < 4.78 is 17.6. The molecule has 1 atom stereocenters. The fourth-order valence-electron chi connectivity index (χ4n) is 4.53. The predicted molar refractivity (Wildman–Crippen MR) is 141 cm³/mol. The van der Waals surface area contributed by atoms with Gasteiger partial charge in [0.05, 0.1) is 16.1 Å². The smallest absolute Gasteiger partial charge is 0.254 e. The van der Waals surface area contributed by atoms with Gasteiger partial charge in [0, 0.05) is 35.1 Å². The second-order valence-corrected chi connectivity index (χ2v) is 11.5. The number of aromatic nitrogens is 2. The van der Waals surface area contributed by atoms with Gasteiger partial charge >= 0.3 is 0 Å². The van der Waals surface area contributed by atoms with Crippen molar-refractivity contribution in [1.29, 1.82) is 0 Å².